The first kappa shape index (κ1) is 13.8. The first-order valence-electron chi connectivity index (χ1n) is 6.86. The largest absolute Gasteiger partial charge is 0.383 e. The van der Waals surface area contributed by atoms with Crippen LogP contribution in [0.1, 0.15) is 32.6 Å². The lowest BCUT2D eigenvalue weighted by atomic mass is 10.00. The van der Waals surface area contributed by atoms with Gasteiger partial charge in [0.1, 0.15) is 5.54 Å². The predicted molar refractivity (Wildman–Crippen MR) is 70.2 cm³/mol. The molecule has 1 amide bonds. The quantitative estimate of drug-likeness (QED) is 0.613. The van der Waals surface area contributed by atoms with Gasteiger partial charge >= 0.3 is 0 Å². The molecule has 0 saturated heterocycles. The summed E-state index contributed by atoms with van der Waals surface area (Å²) in [5.41, 5.74) is 4.97. The van der Waals surface area contributed by atoms with Gasteiger partial charge in [0.15, 0.2) is 0 Å². The second-order valence-corrected chi connectivity index (χ2v) is 5.81. The fourth-order valence-corrected chi connectivity index (χ4v) is 2.32. The Balaban J connectivity index is 1.93. The molecule has 3 N–H and O–H groups in total. The van der Waals surface area contributed by atoms with Crippen LogP contribution >= 0.6 is 0 Å². The summed E-state index contributed by atoms with van der Waals surface area (Å²) in [4.78, 5) is 14.1. The fourth-order valence-electron chi connectivity index (χ4n) is 2.32. The molecule has 0 spiro atoms. The summed E-state index contributed by atoms with van der Waals surface area (Å²) in [6, 6.07) is 1.09. The number of hydrogen-bond donors (Lipinski definition) is 2. The Morgan fingerprint density at radius 1 is 1.44 bits per heavy atom. The summed E-state index contributed by atoms with van der Waals surface area (Å²) in [5.74, 6) is -0.252. The zero-order valence-corrected chi connectivity index (χ0v) is 11.4. The van der Waals surface area contributed by atoms with E-state index in [1.54, 1.807) is 7.11 Å². The van der Waals surface area contributed by atoms with Crippen LogP contribution in [0.4, 0.5) is 0 Å². The number of ether oxygens (including phenoxy) is 1. The molecule has 5 heteroatoms. The summed E-state index contributed by atoms with van der Waals surface area (Å²) >= 11 is 0. The van der Waals surface area contributed by atoms with Crippen LogP contribution in [0.2, 0.25) is 0 Å². The predicted octanol–water partition coefficient (Wildman–Crippen LogP) is 0.0932. The van der Waals surface area contributed by atoms with E-state index in [4.69, 9.17) is 10.5 Å². The van der Waals surface area contributed by atoms with Crippen molar-refractivity contribution in [2.45, 2.75) is 50.2 Å². The fraction of sp³-hybridized carbons (Fsp3) is 0.923. The maximum absolute atomic E-state index is 11.7. The van der Waals surface area contributed by atoms with Crippen molar-refractivity contribution in [3.05, 3.63) is 0 Å². The summed E-state index contributed by atoms with van der Waals surface area (Å²) in [6.07, 6.45) is 4.76. The van der Waals surface area contributed by atoms with Gasteiger partial charge in [0.2, 0.25) is 5.91 Å². The van der Waals surface area contributed by atoms with Gasteiger partial charge < -0.3 is 10.5 Å². The molecule has 0 aromatic heterocycles. The molecule has 0 heterocycles. The lowest BCUT2D eigenvalue weighted by molar-refractivity contribution is -0.124. The average Bonchev–Trinajstić information content (AvgIpc) is 3.15. The maximum Gasteiger partial charge on any atom is 0.238 e. The first-order valence-corrected chi connectivity index (χ1v) is 6.86. The number of hydrogen-bond acceptors (Lipinski definition) is 4. The number of primary amides is 1. The third kappa shape index (κ3) is 3.67. The van der Waals surface area contributed by atoms with E-state index in [0.717, 1.165) is 19.4 Å². The summed E-state index contributed by atoms with van der Waals surface area (Å²) in [5, 5.41) is 3.40. The van der Waals surface area contributed by atoms with E-state index < -0.39 is 5.54 Å². The minimum absolute atomic E-state index is 0.252. The van der Waals surface area contributed by atoms with E-state index in [0.29, 0.717) is 25.2 Å². The lowest BCUT2D eigenvalue weighted by Gasteiger charge is -2.34. The smallest absolute Gasteiger partial charge is 0.238 e. The summed E-state index contributed by atoms with van der Waals surface area (Å²) in [6.45, 7) is 4.19. The van der Waals surface area contributed by atoms with Crippen LogP contribution < -0.4 is 11.1 Å². The standard InChI is InChI=1S/C13H25N3O2/c1-13(12(14)17,15-10-3-4-10)9-16(7-8-18-2)11-5-6-11/h10-11,15H,3-9H2,1-2H3,(H2,14,17). The van der Waals surface area contributed by atoms with E-state index in [1.165, 1.54) is 12.8 Å². The van der Waals surface area contributed by atoms with E-state index in [1.807, 2.05) is 6.92 Å². The van der Waals surface area contributed by atoms with Gasteiger partial charge in [-0.1, -0.05) is 0 Å². The molecule has 0 aliphatic heterocycles. The number of carbonyl (C=O) groups excluding carboxylic acids is 1. The number of nitrogens with two attached hydrogens (primary N) is 1. The molecular weight excluding hydrogens is 230 g/mol. The van der Waals surface area contributed by atoms with Crippen molar-refractivity contribution in [1.82, 2.24) is 10.2 Å². The molecule has 2 rings (SSSR count). The molecule has 1 atom stereocenters. The van der Waals surface area contributed by atoms with E-state index in [2.05, 4.69) is 10.2 Å². The average molecular weight is 255 g/mol. The third-order valence-electron chi connectivity index (χ3n) is 3.81. The van der Waals surface area contributed by atoms with Crippen LogP contribution in [0.5, 0.6) is 0 Å². The number of amides is 1. The summed E-state index contributed by atoms with van der Waals surface area (Å²) in [7, 11) is 1.71. The molecule has 0 bridgehead atoms. The minimum Gasteiger partial charge on any atom is -0.383 e. The highest BCUT2D eigenvalue weighted by Crippen LogP contribution is 2.29. The Labute approximate surface area is 109 Å². The zero-order valence-electron chi connectivity index (χ0n) is 11.4. The van der Waals surface area contributed by atoms with Crippen LogP contribution in [0.3, 0.4) is 0 Å². The monoisotopic (exact) mass is 255 g/mol. The van der Waals surface area contributed by atoms with Crippen molar-refractivity contribution >= 4 is 5.91 Å². The van der Waals surface area contributed by atoms with Crippen molar-refractivity contribution in [3.8, 4) is 0 Å². The van der Waals surface area contributed by atoms with E-state index >= 15 is 0 Å². The van der Waals surface area contributed by atoms with Gasteiger partial charge in [-0.3, -0.25) is 15.0 Å². The van der Waals surface area contributed by atoms with Gasteiger partial charge in [0, 0.05) is 32.3 Å². The van der Waals surface area contributed by atoms with Crippen molar-refractivity contribution < 1.29 is 9.53 Å². The highest BCUT2D eigenvalue weighted by Gasteiger charge is 2.41. The molecule has 104 valence electrons. The second-order valence-electron chi connectivity index (χ2n) is 5.81. The van der Waals surface area contributed by atoms with Gasteiger partial charge in [0.25, 0.3) is 0 Å². The van der Waals surface area contributed by atoms with E-state index in [9.17, 15) is 4.79 Å². The van der Waals surface area contributed by atoms with E-state index in [-0.39, 0.29) is 5.91 Å². The van der Waals surface area contributed by atoms with Crippen molar-refractivity contribution in [1.29, 1.82) is 0 Å². The van der Waals surface area contributed by atoms with Gasteiger partial charge in [-0.15, -0.1) is 0 Å². The Bertz CT molecular complexity index is 303. The minimum atomic E-state index is -0.614. The Hall–Kier alpha value is -0.650. The van der Waals surface area contributed by atoms with Gasteiger partial charge in [0.05, 0.1) is 6.61 Å². The van der Waals surface area contributed by atoms with Gasteiger partial charge in [-0.05, 0) is 32.6 Å². The number of rotatable bonds is 9. The Morgan fingerprint density at radius 3 is 2.56 bits per heavy atom. The summed E-state index contributed by atoms with van der Waals surface area (Å²) < 4.78 is 5.14. The van der Waals surface area contributed by atoms with Gasteiger partial charge in [-0.25, -0.2) is 0 Å². The molecular formula is C13H25N3O2. The second kappa shape index (κ2) is 5.55. The molecule has 0 radical (unpaired) electrons. The molecule has 0 aromatic rings. The third-order valence-corrected chi connectivity index (χ3v) is 3.81. The number of nitrogens with zero attached hydrogens (tertiary/aromatic N) is 1. The molecule has 2 aliphatic rings. The van der Waals surface area contributed by atoms with Crippen molar-refractivity contribution in [2.24, 2.45) is 5.73 Å². The number of carbonyl (C=O) groups is 1. The molecule has 2 saturated carbocycles. The molecule has 0 aromatic carbocycles. The first-order chi connectivity index (χ1) is 8.55. The zero-order chi connectivity index (χ0) is 13.2. The highest BCUT2D eigenvalue weighted by atomic mass is 16.5. The lowest BCUT2D eigenvalue weighted by Crippen LogP contribution is -2.60. The number of nitrogens with one attached hydrogen (secondary N) is 1. The van der Waals surface area contributed by atoms with Crippen LogP contribution in [-0.2, 0) is 9.53 Å². The van der Waals surface area contributed by atoms with Crippen molar-refractivity contribution in [2.75, 3.05) is 26.8 Å². The normalized spacial score (nSPS) is 23.1. The van der Waals surface area contributed by atoms with Gasteiger partial charge in [-0.2, -0.15) is 0 Å². The molecule has 2 aliphatic carbocycles. The molecule has 5 nitrogen and oxygen atoms in total. The van der Waals surface area contributed by atoms with Crippen LogP contribution in [0.15, 0.2) is 0 Å². The molecule has 1 unspecified atom stereocenters. The maximum atomic E-state index is 11.7. The molecule has 18 heavy (non-hydrogen) atoms. The highest BCUT2D eigenvalue weighted by molar-refractivity contribution is 5.84. The van der Waals surface area contributed by atoms with Crippen LogP contribution in [0, 0.1) is 0 Å². The Kier molecular flexibility index (Phi) is 4.25. The SMILES string of the molecule is COCCN(CC(C)(NC1CC1)C(N)=O)C1CC1. The van der Waals surface area contributed by atoms with Crippen LogP contribution in [-0.4, -0.2) is 55.2 Å². The Morgan fingerprint density at radius 2 is 2.11 bits per heavy atom. The topological polar surface area (TPSA) is 67.6 Å². The number of methoxy groups -OCH3 is 1. The van der Waals surface area contributed by atoms with Crippen molar-refractivity contribution in [3.63, 3.8) is 0 Å². The van der Waals surface area contributed by atoms with Crippen LogP contribution in [0.25, 0.3) is 0 Å². The molecule has 2 fully saturated rings.